The second-order valence-electron chi connectivity index (χ2n) is 7.83. The summed E-state index contributed by atoms with van der Waals surface area (Å²) >= 11 is 13.0. The lowest BCUT2D eigenvalue weighted by atomic mass is 9.86. The molecule has 0 saturated heterocycles. The zero-order chi connectivity index (χ0) is 18.9. The molecule has 0 saturated carbocycles. The second-order valence-corrected chi connectivity index (χ2v) is 8.65. The molecule has 3 rings (SSSR count). The standard InChI is InChI=1S/C22H26Cl2N2/c1-22(2,3)15-9-7-14(8-10-15)20-16(6-4-5-13-25)19-17(23)11-12-18(24)21(19)26-20/h7-12,26H,4-6,13,25H2,1-3H3. The molecule has 2 aromatic carbocycles. The average molecular weight is 389 g/mol. The molecule has 0 spiro atoms. The van der Waals surface area contributed by atoms with Gasteiger partial charge in [0, 0.05) is 11.1 Å². The van der Waals surface area contributed by atoms with E-state index in [-0.39, 0.29) is 5.41 Å². The summed E-state index contributed by atoms with van der Waals surface area (Å²) in [5, 5.41) is 2.47. The van der Waals surface area contributed by atoms with Gasteiger partial charge in [0.1, 0.15) is 0 Å². The number of aryl methyl sites for hydroxylation is 1. The van der Waals surface area contributed by atoms with Crippen molar-refractivity contribution >= 4 is 34.1 Å². The summed E-state index contributed by atoms with van der Waals surface area (Å²) in [5.74, 6) is 0. The maximum absolute atomic E-state index is 6.53. The molecule has 0 atom stereocenters. The Morgan fingerprint density at radius 3 is 2.19 bits per heavy atom. The molecule has 0 aliphatic carbocycles. The largest absolute Gasteiger partial charge is 0.353 e. The van der Waals surface area contributed by atoms with Crippen molar-refractivity contribution in [1.29, 1.82) is 0 Å². The van der Waals surface area contributed by atoms with Gasteiger partial charge in [-0.2, -0.15) is 0 Å². The topological polar surface area (TPSA) is 41.8 Å². The number of H-pyrrole nitrogens is 1. The third kappa shape index (κ3) is 3.78. The predicted octanol–water partition coefficient (Wildman–Crippen LogP) is 6.72. The highest BCUT2D eigenvalue weighted by Crippen LogP contribution is 2.39. The van der Waals surface area contributed by atoms with Crippen LogP contribution in [0.1, 0.15) is 44.7 Å². The van der Waals surface area contributed by atoms with Crippen LogP contribution in [0.15, 0.2) is 36.4 Å². The van der Waals surface area contributed by atoms with Gasteiger partial charge in [-0.1, -0.05) is 68.2 Å². The van der Waals surface area contributed by atoms with Crippen LogP contribution in [-0.4, -0.2) is 11.5 Å². The molecule has 0 radical (unpaired) electrons. The van der Waals surface area contributed by atoms with Gasteiger partial charge in [-0.25, -0.2) is 0 Å². The molecule has 26 heavy (non-hydrogen) atoms. The van der Waals surface area contributed by atoms with Crippen molar-refractivity contribution in [3.63, 3.8) is 0 Å². The van der Waals surface area contributed by atoms with Crippen LogP contribution in [0.25, 0.3) is 22.2 Å². The Kier molecular flexibility index (Phi) is 5.67. The maximum Gasteiger partial charge on any atom is 0.0666 e. The van der Waals surface area contributed by atoms with Gasteiger partial charge in [-0.3, -0.25) is 0 Å². The van der Waals surface area contributed by atoms with Crippen LogP contribution >= 0.6 is 23.2 Å². The number of hydrogen-bond donors (Lipinski definition) is 2. The van der Waals surface area contributed by atoms with Crippen LogP contribution in [0.4, 0.5) is 0 Å². The van der Waals surface area contributed by atoms with Gasteiger partial charge in [0.25, 0.3) is 0 Å². The number of aromatic amines is 1. The van der Waals surface area contributed by atoms with Crippen molar-refractivity contribution in [2.24, 2.45) is 5.73 Å². The highest BCUT2D eigenvalue weighted by Gasteiger charge is 2.18. The summed E-state index contributed by atoms with van der Waals surface area (Å²) in [5.41, 5.74) is 11.5. The third-order valence-electron chi connectivity index (χ3n) is 4.88. The molecule has 4 heteroatoms. The highest BCUT2D eigenvalue weighted by molar-refractivity contribution is 6.40. The Bertz CT molecular complexity index is 903. The van der Waals surface area contributed by atoms with Gasteiger partial charge in [0.05, 0.1) is 15.6 Å². The predicted molar refractivity (Wildman–Crippen MR) is 114 cm³/mol. The van der Waals surface area contributed by atoms with Crippen LogP contribution in [0.3, 0.4) is 0 Å². The molecule has 0 amide bonds. The number of rotatable bonds is 5. The molecule has 138 valence electrons. The van der Waals surface area contributed by atoms with E-state index >= 15 is 0 Å². The van der Waals surface area contributed by atoms with E-state index in [1.165, 1.54) is 11.1 Å². The zero-order valence-electron chi connectivity index (χ0n) is 15.6. The molecule has 0 bridgehead atoms. The first kappa shape index (κ1) is 19.3. The number of unbranched alkanes of at least 4 members (excludes halogenated alkanes) is 1. The zero-order valence-corrected chi connectivity index (χ0v) is 17.1. The van der Waals surface area contributed by atoms with Crippen molar-refractivity contribution in [3.05, 3.63) is 57.6 Å². The molecular weight excluding hydrogens is 363 g/mol. The first-order chi connectivity index (χ1) is 12.3. The van der Waals surface area contributed by atoms with E-state index < -0.39 is 0 Å². The number of fused-ring (bicyclic) bond motifs is 1. The SMILES string of the molecule is CC(C)(C)c1ccc(-c2[nH]c3c(Cl)ccc(Cl)c3c2CCCCN)cc1. The normalized spacial score (nSPS) is 12.1. The molecule has 2 nitrogen and oxygen atoms in total. The summed E-state index contributed by atoms with van der Waals surface area (Å²) in [6.07, 6.45) is 2.94. The van der Waals surface area contributed by atoms with Crippen LogP contribution in [0.5, 0.6) is 0 Å². The Morgan fingerprint density at radius 2 is 1.58 bits per heavy atom. The molecule has 3 aromatic rings. The van der Waals surface area contributed by atoms with Crippen molar-refractivity contribution in [2.75, 3.05) is 6.54 Å². The Morgan fingerprint density at radius 1 is 0.923 bits per heavy atom. The number of benzene rings is 2. The van der Waals surface area contributed by atoms with E-state index in [9.17, 15) is 0 Å². The van der Waals surface area contributed by atoms with Gasteiger partial charge < -0.3 is 10.7 Å². The number of aromatic nitrogens is 1. The Hall–Kier alpha value is -1.48. The van der Waals surface area contributed by atoms with E-state index in [1.807, 2.05) is 12.1 Å². The maximum atomic E-state index is 6.53. The molecule has 3 N–H and O–H groups in total. The number of nitrogens with two attached hydrogens (primary N) is 1. The van der Waals surface area contributed by atoms with E-state index in [0.29, 0.717) is 11.6 Å². The minimum Gasteiger partial charge on any atom is -0.353 e. The lowest BCUT2D eigenvalue weighted by Gasteiger charge is -2.19. The van der Waals surface area contributed by atoms with Gasteiger partial charge in [0.15, 0.2) is 0 Å². The molecule has 1 heterocycles. The van der Waals surface area contributed by atoms with Gasteiger partial charge in [0.2, 0.25) is 0 Å². The van der Waals surface area contributed by atoms with Crippen molar-refractivity contribution in [3.8, 4) is 11.3 Å². The summed E-state index contributed by atoms with van der Waals surface area (Å²) < 4.78 is 0. The lowest BCUT2D eigenvalue weighted by molar-refractivity contribution is 0.590. The van der Waals surface area contributed by atoms with Gasteiger partial charge >= 0.3 is 0 Å². The van der Waals surface area contributed by atoms with Crippen LogP contribution in [-0.2, 0) is 11.8 Å². The monoisotopic (exact) mass is 388 g/mol. The molecule has 0 aliphatic heterocycles. The summed E-state index contributed by atoms with van der Waals surface area (Å²) in [6.45, 7) is 7.38. The van der Waals surface area contributed by atoms with Crippen LogP contribution < -0.4 is 5.73 Å². The Balaban J connectivity index is 2.13. The fourth-order valence-corrected chi connectivity index (χ4v) is 3.85. The third-order valence-corrected chi connectivity index (χ3v) is 5.51. The molecule has 0 aliphatic rings. The Labute approximate surface area is 165 Å². The summed E-state index contributed by atoms with van der Waals surface area (Å²) in [7, 11) is 0. The van der Waals surface area contributed by atoms with Crippen molar-refractivity contribution in [2.45, 2.75) is 45.4 Å². The van der Waals surface area contributed by atoms with Gasteiger partial charge in [-0.15, -0.1) is 0 Å². The number of halogens is 2. The number of hydrogen-bond acceptors (Lipinski definition) is 1. The van der Waals surface area contributed by atoms with Gasteiger partial charge in [-0.05, 0) is 60.0 Å². The molecule has 0 unspecified atom stereocenters. The first-order valence-corrected chi connectivity index (χ1v) is 9.88. The average Bonchev–Trinajstić information content (AvgIpc) is 2.99. The first-order valence-electron chi connectivity index (χ1n) is 9.12. The van der Waals surface area contributed by atoms with E-state index in [4.69, 9.17) is 28.9 Å². The summed E-state index contributed by atoms with van der Waals surface area (Å²) in [4.78, 5) is 3.53. The fourth-order valence-electron chi connectivity index (χ4n) is 3.37. The van der Waals surface area contributed by atoms with E-state index in [0.717, 1.165) is 46.4 Å². The second kappa shape index (κ2) is 7.64. The van der Waals surface area contributed by atoms with Crippen molar-refractivity contribution in [1.82, 2.24) is 4.98 Å². The minimum absolute atomic E-state index is 0.134. The number of nitrogens with one attached hydrogen (secondary N) is 1. The molecule has 1 aromatic heterocycles. The minimum atomic E-state index is 0.134. The quantitative estimate of drug-likeness (QED) is 0.467. The molecule has 0 fully saturated rings. The fraction of sp³-hybridized carbons (Fsp3) is 0.364. The lowest BCUT2D eigenvalue weighted by Crippen LogP contribution is -2.10. The van der Waals surface area contributed by atoms with Crippen LogP contribution in [0, 0.1) is 0 Å². The van der Waals surface area contributed by atoms with E-state index in [2.05, 4.69) is 50.0 Å². The highest BCUT2D eigenvalue weighted by atomic mass is 35.5. The van der Waals surface area contributed by atoms with Crippen molar-refractivity contribution < 1.29 is 0 Å². The molecular formula is C22H26Cl2N2. The summed E-state index contributed by atoms with van der Waals surface area (Å²) in [6, 6.07) is 12.5. The van der Waals surface area contributed by atoms with E-state index in [1.54, 1.807) is 0 Å². The van der Waals surface area contributed by atoms with Crippen LogP contribution in [0.2, 0.25) is 10.0 Å². The smallest absolute Gasteiger partial charge is 0.0666 e.